The number of rotatable bonds is 4. The Morgan fingerprint density at radius 2 is 2.05 bits per heavy atom. The Bertz CT molecular complexity index is 704. The minimum absolute atomic E-state index is 0.0534. The summed E-state index contributed by atoms with van der Waals surface area (Å²) in [7, 11) is 1.57. The number of hydrogen-bond acceptors (Lipinski definition) is 2. The fourth-order valence-electron chi connectivity index (χ4n) is 1.75. The van der Waals surface area contributed by atoms with Gasteiger partial charge in [-0.2, -0.15) is 0 Å². The normalized spacial score (nSPS) is 10.5. The fraction of sp³-hybridized carbons (Fsp3) is 0.0625. The lowest BCUT2D eigenvalue weighted by atomic mass is 10.2. The van der Waals surface area contributed by atoms with E-state index in [-0.39, 0.29) is 5.02 Å². The molecule has 114 valence electrons. The smallest absolute Gasteiger partial charge is 0.323 e. The number of para-hydroxylation sites is 1. The molecule has 0 saturated heterocycles. The fourth-order valence-corrected chi connectivity index (χ4v) is 1.93. The SMILES string of the molecule is COc1ccccc1/C=C/NC(=O)Nc1ccc(F)c(Cl)c1. The van der Waals surface area contributed by atoms with Crippen molar-refractivity contribution in [1.82, 2.24) is 5.32 Å². The zero-order valence-electron chi connectivity index (χ0n) is 11.8. The van der Waals surface area contributed by atoms with Gasteiger partial charge in [-0.05, 0) is 30.3 Å². The van der Waals surface area contributed by atoms with Crippen LogP contribution >= 0.6 is 11.6 Å². The van der Waals surface area contributed by atoms with Crippen molar-refractivity contribution in [2.75, 3.05) is 12.4 Å². The molecule has 22 heavy (non-hydrogen) atoms. The molecule has 4 nitrogen and oxygen atoms in total. The van der Waals surface area contributed by atoms with Gasteiger partial charge in [0.1, 0.15) is 11.6 Å². The molecular formula is C16H14ClFN2O2. The highest BCUT2D eigenvalue weighted by Gasteiger charge is 2.03. The predicted molar refractivity (Wildman–Crippen MR) is 85.6 cm³/mol. The number of carbonyl (C=O) groups excluding carboxylic acids is 1. The van der Waals surface area contributed by atoms with Crippen LogP contribution in [0.2, 0.25) is 5.02 Å². The zero-order chi connectivity index (χ0) is 15.9. The molecule has 2 N–H and O–H groups in total. The van der Waals surface area contributed by atoms with Crippen LogP contribution in [0, 0.1) is 5.82 Å². The molecule has 2 aromatic carbocycles. The molecule has 0 aliphatic heterocycles. The van der Waals surface area contributed by atoms with Crippen molar-refractivity contribution in [3.8, 4) is 5.75 Å². The first-order valence-electron chi connectivity index (χ1n) is 6.42. The van der Waals surface area contributed by atoms with Gasteiger partial charge in [0.2, 0.25) is 0 Å². The van der Waals surface area contributed by atoms with E-state index >= 15 is 0 Å². The van der Waals surface area contributed by atoms with Crippen molar-refractivity contribution >= 4 is 29.4 Å². The van der Waals surface area contributed by atoms with Crippen LogP contribution < -0.4 is 15.4 Å². The van der Waals surface area contributed by atoms with Gasteiger partial charge >= 0.3 is 6.03 Å². The maximum Gasteiger partial charge on any atom is 0.323 e. The van der Waals surface area contributed by atoms with E-state index < -0.39 is 11.8 Å². The second kappa shape index (κ2) is 7.47. The highest BCUT2D eigenvalue weighted by Crippen LogP contribution is 2.19. The van der Waals surface area contributed by atoms with E-state index in [1.54, 1.807) is 13.2 Å². The van der Waals surface area contributed by atoms with Gasteiger partial charge in [-0.25, -0.2) is 9.18 Å². The van der Waals surface area contributed by atoms with Crippen molar-refractivity contribution < 1.29 is 13.9 Å². The van der Waals surface area contributed by atoms with Gasteiger partial charge < -0.3 is 15.4 Å². The van der Waals surface area contributed by atoms with Gasteiger partial charge in [0.25, 0.3) is 0 Å². The second-order valence-electron chi connectivity index (χ2n) is 4.30. The summed E-state index contributed by atoms with van der Waals surface area (Å²) in [6, 6.07) is 10.9. The first kappa shape index (κ1) is 15.9. The van der Waals surface area contributed by atoms with Gasteiger partial charge in [0, 0.05) is 17.5 Å². The number of urea groups is 1. The monoisotopic (exact) mass is 320 g/mol. The van der Waals surface area contributed by atoms with Crippen molar-refractivity contribution in [1.29, 1.82) is 0 Å². The number of benzene rings is 2. The molecule has 0 aromatic heterocycles. The molecule has 0 aliphatic rings. The molecule has 0 bridgehead atoms. The summed E-state index contributed by atoms with van der Waals surface area (Å²) in [6.07, 6.45) is 3.19. The number of nitrogens with one attached hydrogen (secondary N) is 2. The van der Waals surface area contributed by atoms with Crippen LogP contribution in [-0.2, 0) is 0 Å². The van der Waals surface area contributed by atoms with Gasteiger partial charge in [0.05, 0.1) is 12.1 Å². The predicted octanol–water partition coefficient (Wildman–Crippen LogP) is 4.28. The first-order chi connectivity index (χ1) is 10.6. The summed E-state index contributed by atoms with van der Waals surface area (Å²) in [6.45, 7) is 0. The first-order valence-corrected chi connectivity index (χ1v) is 6.80. The highest BCUT2D eigenvalue weighted by atomic mass is 35.5. The van der Waals surface area contributed by atoms with Crippen molar-refractivity contribution in [2.45, 2.75) is 0 Å². The van der Waals surface area contributed by atoms with Crippen LogP contribution in [0.25, 0.3) is 6.08 Å². The molecule has 0 radical (unpaired) electrons. The molecule has 0 spiro atoms. The lowest BCUT2D eigenvalue weighted by Crippen LogP contribution is -2.23. The molecule has 6 heteroatoms. The largest absolute Gasteiger partial charge is 0.496 e. The third kappa shape index (κ3) is 4.23. The van der Waals surface area contributed by atoms with Gasteiger partial charge in [-0.1, -0.05) is 29.8 Å². The standard InChI is InChI=1S/C16H14ClFN2O2/c1-22-15-5-3-2-4-11(15)8-9-19-16(21)20-12-6-7-14(18)13(17)10-12/h2-10H,1H3,(H2,19,20,21)/b9-8+. The third-order valence-corrected chi connectivity index (χ3v) is 3.08. The Kier molecular flexibility index (Phi) is 5.38. The Balaban J connectivity index is 1.95. The number of halogens is 2. The molecular weight excluding hydrogens is 307 g/mol. The summed E-state index contributed by atoms with van der Waals surface area (Å²) in [4.78, 5) is 11.7. The number of amides is 2. The van der Waals surface area contributed by atoms with E-state index in [1.165, 1.54) is 24.4 Å². The van der Waals surface area contributed by atoms with Gasteiger partial charge in [0.15, 0.2) is 0 Å². The molecule has 0 saturated carbocycles. The molecule has 0 unspecified atom stereocenters. The second-order valence-corrected chi connectivity index (χ2v) is 4.71. The van der Waals surface area contributed by atoms with Crippen LogP contribution in [-0.4, -0.2) is 13.1 Å². The summed E-state index contributed by atoms with van der Waals surface area (Å²) in [5.41, 5.74) is 1.23. The van der Waals surface area contributed by atoms with Crippen molar-refractivity contribution in [3.05, 3.63) is 65.1 Å². The number of methoxy groups -OCH3 is 1. The maximum atomic E-state index is 13.0. The minimum atomic E-state index is -0.538. The molecule has 2 amide bonds. The lowest BCUT2D eigenvalue weighted by Gasteiger charge is -2.06. The van der Waals surface area contributed by atoms with Crippen LogP contribution in [0.5, 0.6) is 5.75 Å². The quantitative estimate of drug-likeness (QED) is 0.883. The molecule has 2 aromatic rings. The Morgan fingerprint density at radius 3 is 2.77 bits per heavy atom. The van der Waals surface area contributed by atoms with E-state index in [9.17, 15) is 9.18 Å². The topological polar surface area (TPSA) is 50.4 Å². The summed E-state index contributed by atoms with van der Waals surface area (Å²) in [5, 5.41) is 5.03. The van der Waals surface area contributed by atoms with Crippen molar-refractivity contribution in [2.24, 2.45) is 0 Å². The molecule has 0 aliphatic carbocycles. The van der Waals surface area contributed by atoms with Crippen LogP contribution in [0.4, 0.5) is 14.9 Å². The molecule has 0 fully saturated rings. The average molecular weight is 321 g/mol. The Hall–Kier alpha value is -2.53. The number of anilines is 1. The Labute approximate surface area is 132 Å². The Morgan fingerprint density at radius 1 is 1.27 bits per heavy atom. The van der Waals surface area contributed by atoms with E-state index in [4.69, 9.17) is 16.3 Å². The van der Waals surface area contributed by atoms with Crippen LogP contribution in [0.3, 0.4) is 0 Å². The molecule has 0 heterocycles. The zero-order valence-corrected chi connectivity index (χ0v) is 12.5. The number of carbonyl (C=O) groups is 1. The summed E-state index contributed by atoms with van der Waals surface area (Å²) >= 11 is 5.64. The van der Waals surface area contributed by atoms with Gasteiger partial charge in [-0.3, -0.25) is 0 Å². The van der Waals surface area contributed by atoms with E-state index in [1.807, 2.05) is 24.3 Å². The highest BCUT2D eigenvalue weighted by molar-refractivity contribution is 6.31. The van der Waals surface area contributed by atoms with Crippen molar-refractivity contribution in [3.63, 3.8) is 0 Å². The number of ether oxygens (including phenoxy) is 1. The summed E-state index contributed by atoms with van der Waals surface area (Å²) < 4.78 is 18.2. The van der Waals surface area contributed by atoms with E-state index in [0.717, 1.165) is 5.56 Å². The third-order valence-electron chi connectivity index (χ3n) is 2.79. The average Bonchev–Trinajstić information content (AvgIpc) is 2.51. The molecule has 2 rings (SSSR count). The lowest BCUT2D eigenvalue weighted by molar-refractivity contribution is 0.255. The minimum Gasteiger partial charge on any atom is -0.496 e. The van der Waals surface area contributed by atoms with E-state index in [0.29, 0.717) is 11.4 Å². The number of hydrogen-bond donors (Lipinski definition) is 2. The van der Waals surface area contributed by atoms with Gasteiger partial charge in [-0.15, -0.1) is 0 Å². The molecule has 0 atom stereocenters. The van der Waals surface area contributed by atoms with Crippen LogP contribution in [0.1, 0.15) is 5.56 Å². The summed E-state index contributed by atoms with van der Waals surface area (Å²) in [5.74, 6) is 0.162. The maximum absolute atomic E-state index is 13.0. The van der Waals surface area contributed by atoms with E-state index in [2.05, 4.69) is 10.6 Å². The van der Waals surface area contributed by atoms with Crippen LogP contribution in [0.15, 0.2) is 48.7 Å².